The lowest BCUT2D eigenvalue weighted by molar-refractivity contribution is -0.151. The van der Waals surface area contributed by atoms with Gasteiger partial charge in [-0.3, -0.25) is 4.79 Å². The second kappa shape index (κ2) is 8.75. The molecule has 1 aliphatic heterocycles. The van der Waals surface area contributed by atoms with Gasteiger partial charge in [-0.15, -0.1) is 6.58 Å². The molecule has 1 rings (SSSR count). The van der Waals surface area contributed by atoms with Crippen molar-refractivity contribution in [3.05, 3.63) is 12.7 Å². The van der Waals surface area contributed by atoms with Gasteiger partial charge in [0.25, 0.3) is 0 Å². The summed E-state index contributed by atoms with van der Waals surface area (Å²) in [6, 6.07) is 0. The topological polar surface area (TPSA) is 46.5 Å². The van der Waals surface area contributed by atoms with Crippen LogP contribution in [0.2, 0.25) is 0 Å². The summed E-state index contributed by atoms with van der Waals surface area (Å²) in [4.78, 5) is 10.6. The van der Waals surface area contributed by atoms with E-state index in [4.69, 9.17) is 9.84 Å². The van der Waals surface area contributed by atoms with Gasteiger partial charge in [0.1, 0.15) is 0 Å². The van der Waals surface area contributed by atoms with Crippen molar-refractivity contribution in [2.24, 2.45) is 5.92 Å². The summed E-state index contributed by atoms with van der Waals surface area (Å²) in [6.45, 7) is 6.30. The molecule has 1 saturated heterocycles. The normalized spacial score (nSPS) is 20.4. The summed E-state index contributed by atoms with van der Waals surface area (Å²) in [7, 11) is 0. The first-order valence-electron chi connectivity index (χ1n) is 5.10. The van der Waals surface area contributed by atoms with Crippen LogP contribution in [-0.4, -0.2) is 24.3 Å². The van der Waals surface area contributed by atoms with E-state index in [0.29, 0.717) is 6.61 Å². The van der Waals surface area contributed by atoms with Gasteiger partial charge in [-0.25, -0.2) is 0 Å². The molecule has 82 valence electrons. The number of esters is 1. The maximum absolute atomic E-state index is 10.6. The Kier molecular flexibility index (Phi) is 8.24. The third-order valence-corrected chi connectivity index (χ3v) is 1.99. The fourth-order valence-electron chi connectivity index (χ4n) is 1.06. The Hall–Kier alpha value is -0.830. The monoisotopic (exact) mass is 200 g/mol. The van der Waals surface area contributed by atoms with Crippen LogP contribution in [0.15, 0.2) is 12.7 Å². The summed E-state index contributed by atoms with van der Waals surface area (Å²) in [5.74, 6) is 0.111. The van der Waals surface area contributed by atoms with E-state index in [1.54, 1.807) is 6.08 Å². The molecule has 0 aromatic carbocycles. The molecule has 0 aromatic rings. The Labute approximate surface area is 85.8 Å². The summed E-state index contributed by atoms with van der Waals surface area (Å²) >= 11 is 0. The first-order chi connectivity index (χ1) is 6.72. The zero-order valence-electron chi connectivity index (χ0n) is 8.87. The molecule has 1 heterocycles. The summed E-state index contributed by atoms with van der Waals surface area (Å²) < 4.78 is 4.75. The molecule has 1 unspecified atom stereocenters. The average molecular weight is 200 g/mol. The van der Waals surface area contributed by atoms with Crippen LogP contribution in [0.3, 0.4) is 0 Å². The highest BCUT2D eigenvalue weighted by Gasteiger charge is 2.17. The highest BCUT2D eigenvalue weighted by molar-refractivity contribution is 5.72. The van der Waals surface area contributed by atoms with Crippen LogP contribution in [-0.2, 0) is 9.53 Å². The summed E-state index contributed by atoms with van der Waals surface area (Å²) in [6.07, 6.45) is 5.61. The minimum Gasteiger partial charge on any atom is -0.465 e. The highest BCUT2D eigenvalue weighted by Crippen LogP contribution is 2.12. The van der Waals surface area contributed by atoms with Crippen LogP contribution in [0.4, 0.5) is 0 Å². The van der Waals surface area contributed by atoms with Crippen LogP contribution in [0.1, 0.15) is 32.6 Å². The molecule has 0 saturated carbocycles. The standard InChI is InChI=1S/C6H10O2.C5H10O/c1-5-3-2-4-8-6(5)7;1-2-3-4-5-6/h5H,2-4H2,1H3;2,6H,1,3-5H2. The predicted octanol–water partition coefficient (Wildman–Crippen LogP) is 1.90. The highest BCUT2D eigenvalue weighted by atomic mass is 16.5. The average Bonchev–Trinajstić information content (AvgIpc) is 2.20. The minimum atomic E-state index is -0.0312. The molecule has 0 spiro atoms. The number of ether oxygens (including phenoxy) is 1. The van der Waals surface area contributed by atoms with Gasteiger partial charge in [-0.05, 0) is 25.7 Å². The molecule has 0 radical (unpaired) electrons. The number of carbonyl (C=O) groups excluding carboxylic acids is 1. The smallest absolute Gasteiger partial charge is 0.308 e. The Morgan fingerprint density at radius 3 is 2.71 bits per heavy atom. The number of hydrogen-bond acceptors (Lipinski definition) is 3. The maximum Gasteiger partial charge on any atom is 0.308 e. The molecule has 3 nitrogen and oxygen atoms in total. The lowest BCUT2D eigenvalue weighted by Crippen LogP contribution is -2.20. The van der Waals surface area contributed by atoms with E-state index in [1.165, 1.54) is 0 Å². The van der Waals surface area contributed by atoms with Crippen molar-refractivity contribution in [2.75, 3.05) is 13.2 Å². The van der Waals surface area contributed by atoms with Crippen LogP contribution in [0.5, 0.6) is 0 Å². The molecule has 14 heavy (non-hydrogen) atoms. The van der Waals surface area contributed by atoms with E-state index in [-0.39, 0.29) is 18.5 Å². The van der Waals surface area contributed by atoms with E-state index in [2.05, 4.69) is 6.58 Å². The molecule has 0 amide bonds. The van der Waals surface area contributed by atoms with Crippen molar-refractivity contribution in [1.29, 1.82) is 0 Å². The van der Waals surface area contributed by atoms with Crippen molar-refractivity contribution >= 4 is 5.97 Å². The van der Waals surface area contributed by atoms with Crippen molar-refractivity contribution < 1.29 is 14.6 Å². The number of rotatable bonds is 3. The molecule has 1 aliphatic rings. The van der Waals surface area contributed by atoms with E-state index in [1.807, 2.05) is 6.92 Å². The number of aliphatic hydroxyl groups is 1. The summed E-state index contributed by atoms with van der Waals surface area (Å²) in [5, 5.41) is 8.15. The molecular formula is C11H20O3. The number of cyclic esters (lactones) is 1. The van der Waals surface area contributed by atoms with Crippen LogP contribution >= 0.6 is 0 Å². The van der Waals surface area contributed by atoms with Gasteiger partial charge in [-0.1, -0.05) is 13.0 Å². The largest absolute Gasteiger partial charge is 0.465 e. The van der Waals surface area contributed by atoms with E-state index in [0.717, 1.165) is 25.7 Å². The van der Waals surface area contributed by atoms with Gasteiger partial charge in [0.05, 0.1) is 12.5 Å². The molecular weight excluding hydrogens is 180 g/mol. The lowest BCUT2D eigenvalue weighted by Gasteiger charge is -2.15. The van der Waals surface area contributed by atoms with Crippen molar-refractivity contribution in [3.8, 4) is 0 Å². The number of carbonyl (C=O) groups is 1. The van der Waals surface area contributed by atoms with Crippen LogP contribution in [0, 0.1) is 5.92 Å². The second-order valence-corrected chi connectivity index (χ2v) is 3.37. The lowest BCUT2D eigenvalue weighted by atomic mass is 10.0. The number of allylic oxidation sites excluding steroid dienone is 1. The zero-order chi connectivity index (χ0) is 10.8. The van der Waals surface area contributed by atoms with Crippen molar-refractivity contribution in [3.63, 3.8) is 0 Å². The first kappa shape index (κ1) is 13.2. The number of unbranched alkanes of at least 4 members (excludes halogenated alkanes) is 1. The van der Waals surface area contributed by atoms with Gasteiger partial charge in [0.2, 0.25) is 0 Å². The molecule has 0 bridgehead atoms. The number of hydrogen-bond donors (Lipinski definition) is 1. The van der Waals surface area contributed by atoms with Gasteiger partial charge >= 0.3 is 5.97 Å². The van der Waals surface area contributed by atoms with Crippen molar-refractivity contribution in [2.45, 2.75) is 32.6 Å². The summed E-state index contributed by atoms with van der Waals surface area (Å²) in [5.41, 5.74) is 0. The van der Waals surface area contributed by atoms with Gasteiger partial charge in [0.15, 0.2) is 0 Å². The molecule has 0 aromatic heterocycles. The molecule has 1 N–H and O–H groups in total. The molecule has 0 aliphatic carbocycles. The molecule has 1 atom stereocenters. The number of aliphatic hydroxyl groups excluding tert-OH is 1. The van der Waals surface area contributed by atoms with Gasteiger partial charge < -0.3 is 9.84 Å². The minimum absolute atomic E-state index is 0.0312. The fraction of sp³-hybridized carbons (Fsp3) is 0.727. The SMILES string of the molecule is C=CCCCO.CC1CCCOC1=O. The maximum atomic E-state index is 10.6. The third kappa shape index (κ3) is 6.66. The first-order valence-corrected chi connectivity index (χ1v) is 5.10. The van der Waals surface area contributed by atoms with Crippen LogP contribution in [0.25, 0.3) is 0 Å². The second-order valence-electron chi connectivity index (χ2n) is 3.37. The van der Waals surface area contributed by atoms with E-state index < -0.39 is 0 Å². The van der Waals surface area contributed by atoms with Crippen molar-refractivity contribution in [1.82, 2.24) is 0 Å². The fourth-order valence-corrected chi connectivity index (χ4v) is 1.06. The Bertz CT molecular complexity index is 166. The van der Waals surface area contributed by atoms with E-state index in [9.17, 15) is 4.79 Å². The van der Waals surface area contributed by atoms with E-state index >= 15 is 0 Å². The quantitative estimate of drug-likeness (QED) is 0.430. The Morgan fingerprint density at radius 1 is 1.71 bits per heavy atom. The Balaban J connectivity index is 0.000000255. The molecule has 1 fully saturated rings. The zero-order valence-corrected chi connectivity index (χ0v) is 8.87. The third-order valence-electron chi connectivity index (χ3n) is 1.99. The molecule has 3 heteroatoms. The predicted molar refractivity (Wildman–Crippen MR) is 55.9 cm³/mol. The Morgan fingerprint density at radius 2 is 2.43 bits per heavy atom. The van der Waals surface area contributed by atoms with Crippen LogP contribution < -0.4 is 0 Å². The van der Waals surface area contributed by atoms with Gasteiger partial charge in [-0.2, -0.15) is 0 Å². The van der Waals surface area contributed by atoms with Gasteiger partial charge in [0, 0.05) is 6.61 Å².